The Labute approximate surface area is 168 Å². The third-order valence-electron chi connectivity index (χ3n) is 4.96. The zero-order chi connectivity index (χ0) is 19.7. The van der Waals surface area contributed by atoms with Crippen LogP contribution in [0.3, 0.4) is 0 Å². The number of thiazole rings is 1. The highest BCUT2D eigenvalue weighted by Gasteiger charge is 2.28. The summed E-state index contributed by atoms with van der Waals surface area (Å²) in [4.78, 5) is 17.0. The van der Waals surface area contributed by atoms with Gasteiger partial charge in [-0.15, -0.1) is 11.3 Å². The number of amides is 1. The number of sulfonamides is 1. The van der Waals surface area contributed by atoms with Gasteiger partial charge in [-0.3, -0.25) is 4.79 Å². The van der Waals surface area contributed by atoms with Crippen LogP contribution in [0.1, 0.15) is 30.1 Å². The van der Waals surface area contributed by atoms with E-state index in [0.717, 1.165) is 23.1 Å². The molecule has 4 rings (SSSR count). The number of carbonyl (C=O) groups is 1. The van der Waals surface area contributed by atoms with Crippen molar-refractivity contribution >= 4 is 43.2 Å². The molecular weight excluding hydrogens is 394 g/mol. The summed E-state index contributed by atoms with van der Waals surface area (Å²) in [6.07, 6.45) is 1.95. The topological polar surface area (TPSA) is 79.4 Å². The van der Waals surface area contributed by atoms with Crippen LogP contribution in [0.2, 0.25) is 0 Å². The lowest BCUT2D eigenvalue weighted by atomic mass is 10.0. The summed E-state index contributed by atoms with van der Waals surface area (Å²) >= 11 is 1.48. The number of rotatable bonds is 4. The van der Waals surface area contributed by atoms with E-state index >= 15 is 0 Å². The first-order chi connectivity index (χ1) is 13.4. The molecule has 28 heavy (non-hydrogen) atoms. The third-order valence-corrected chi connectivity index (χ3v) is 7.63. The van der Waals surface area contributed by atoms with Gasteiger partial charge in [-0.05, 0) is 61.2 Å². The van der Waals surface area contributed by atoms with Crippen LogP contribution in [0.25, 0.3) is 10.2 Å². The van der Waals surface area contributed by atoms with Gasteiger partial charge in [0.25, 0.3) is 5.91 Å². The second kappa shape index (κ2) is 7.62. The van der Waals surface area contributed by atoms with E-state index in [1.165, 1.54) is 11.3 Å². The fraction of sp³-hybridized carbons (Fsp3) is 0.300. The van der Waals surface area contributed by atoms with Crippen molar-refractivity contribution in [3.63, 3.8) is 0 Å². The minimum atomic E-state index is -3.50. The minimum absolute atomic E-state index is 0.240. The molecule has 146 valence electrons. The van der Waals surface area contributed by atoms with Gasteiger partial charge in [-0.25, -0.2) is 13.4 Å². The first-order valence-corrected chi connectivity index (χ1v) is 11.5. The molecule has 1 saturated heterocycles. The maximum absolute atomic E-state index is 12.8. The molecular formula is C20H21N3O3S2. The molecule has 0 spiro atoms. The lowest BCUT2D eigenvalue weighted by Gasteiger charge is -2.30. The lowest BCUT2D eigenvalue weighted by molar-refractivity contribution is 0.102. The summed E-state index contributed by atoms with van der Waals surface area (Å²) < 4.78 is 28.1. The molecule has 0 aliphatic carbocycles. The van der Waals surface area contributed by atoms with E-state index in [2.05, 4.69) is 17.2 Å². The van der Waals surface area contributed by atoms with Crippen molar-refractivity contribution in [3.8, 4) is 0 Å². The van der Waals surface area contributed by atoms with Crippen LogP contribution in [-0.4, -0.2) is 36.7 Å². The molecule has 0 radical (unpaired) electrons. The van der Waals surface area contributed by atoms with E-state index < -0.39 is 10.0 Å². The van der Waals surface area contributed by atoms with Crippen LogP contribution in [-0.2, 0) is 10.0 Å². The van der Waals surface area contributed by atoms with Gasteiger partial charge >= 0.3 is 0 Å². The number of nitrogens with zero attached hydrogens (tertiary/aromatic N) is 2. The van der Waals surface area contributed by atoms with Crippen molar-refractivity contribution in [2.24, 2.45) is 5.92 Å². The molecule has 2 aromatic carbocycles. The summed E-state index contributed by atoms with van der Waals surface area (Å²) in [7, 11) is -3.50. The zero-order valence-corrected chi connectivity index (χ0v) is 17.1. The Morgan fingerprint density at radius 3 is 2.75 bits per heavy atom. The average Bonchev–Trinajstić information content (AvgIpc) is 3.16. The summed E-state index contributed by atoms with van der Waals surface area (Å²) in [5.41, 5.74) is 3.70. The van der Waals surface area contributed by atoms with Crippen molar-refractivity contribution in [1.29, 1.82) is 0 Å². The molecule has 1 aromatic heterocycles. The smallest absolute Gasteiger partial charge is 0.255 e. The van der Waals surface area contributed by atoms with Gasteiger partial charge in [0.05, 0.1) is 20.6 Å². The molecule has 8 heteroatoms. The number of benzene rings is 2. The van der Waals surface area contributed by atoms with Gasteiger partial charge < -0.3 is 5.32 Å². The monoisotopic (exact) mass is 415 g/mol. The summed E-state index contributed by atoms with van der Waals surface area (Å²) in [6.45, 7) is 3.19. The predicted molar refractivity (Wildman–Crippen MR) is 111 cm³/mol. The Kier molecular flexibility index (Phi) is 5.18. The molecule has 2 heterocycles. The van der Waals surface area contributed by atoms with Crippen LogP contribution in [0.5, 0.6) is 0 Å². The molecule has 0 bridgehead atoms. The van der Waals surface area contributed by atoms with Crippen molar-refractivity contribution in [3.05, 3.63) is 53.5 Å². The maximum Gasteiger partial charge on any atom is 0.255 e. The number of piperidine rings is 1. The van der Waals surface area contributed by atoms with Gasteiger partial charge in [-0.1, -0.05) is 6.92 Å². The number of carbonyl (C=O) groups excluding carboxylic acids is 1. The van der Waals surface area contributed by atoms with Crippen molar-refractivity contribution in [2.75, 3.05) is 18.4 Å². The molecule has 1 N–H and O–H groups in total. The SMILES string of the molecule is C[C@@H]1CCCN(S(=O)(=O)c2ccc(NC(=O)c3ccc4ncsc4c3)cc2)C1. The minimum Gasteiger partial charge on any atom is -0.322 e. The first kappa shape index (κ1) is 19.0. The fourth-order valence-electron chi connectivity index (χ4n) is 3.42. The number of nitrogens with one attached hydrogen (secondary N) is 1. The maximum atomic E-state index is 12.8. The molecule has 1 amide bonds. The van der Waals surface area contributed by atoms with Gasteiger partial charge in [0.2, 0.25) is 10.0 Å². The average molecular weight is 416 g/mol. The molecule has 1 fully saturated rings. The molecule has 1 aliphatic heterocycles. The van der Waals surface area contributed by atoms with Gasteiger partial charge in [0.1, 0.15) is 0 Å². The highest BCUT2D eigenvalue weighted by atomic mass is 32.2. The second-order valence-corrected chi connectivity index (χ2v) is 9.95. The molecule has 6 nitrogen and oxygen atoms in total. The Bertz CT molecular complexity index is 1110. The van der Waals surface area contributed by atoms with Crippen LogP contribution >= 0.6 is 11.3 Å². The molecule has 0 unspecified atom stereocenters. The number of aromatic nitrogens is 1. The third kappa shape index (κ3) is 3.80. The van der Waals surface area contributed by atoms with Crippen LogP contribution < -0.4 is 5.32 Å². The van der Waals surface area contributed by atoms with Crippen molar-refractivity contribution < 1.29 is 13.2 Å². The van der Waals surface area contributed by atoms with E-state index in [0.29, 0.717) is 30.3 Å². The van der Waals surface area contributed by atoms with E-state index in [4.69, 9.17) is 0 Å². The fourth-order valence-corrected chi connectivity index (χ4v) is 5.74. The molecule has 3 aromatic rings. The van der Waals surface area contributed by atoms with Crippen LogP contribution in [0, 0.1) is 5.92 Å². The largest absolute Gasteiger partial charge is 0.322 e. The van der Waals surface area contributed by atoms with E-state index in [1.807, 2.05) is 6.07 Å². The van der Waals surface area contributed by atoms with Crippen LogP contribution in [0.15, 0.2) is 52.9 Å². The number of fused-ring (bicyclic) bond motifs is 1. The zero-order valence-electron chi connectivity index (χ0n) is 15.5. The van der Waals surface area contributed by atoms with Gasteiger partial charge in [-0.2, -0.15) is 4.31 Å². The van der Waals surface area contributed by atoms with Crippen molar-refractivity contribution in [2.45, 2.75) is 24.7 Å². The van der Waals surface area contributed by atoms with E-state index in [1.54, 1.807) is 46.2 Å². The van der Waals surface area contributed by atoms with E-state index in [-0.39, 0.29) is 10.8 Å². The number of hydrogen-bond donors (Lipinski definition) is 1. The quantitative estimate of drug-likeness (QED) is 0.699. The Hall–Kier alpha value is -2.29. The highest BCUT2D eigenvalue weighted by molar-refractivity contribution is 7.89. The summed E-state index contributed by atoms with van der Waals surface area (Å²) in [5.74, 6) is 0.133. The Balaban J connectivity index is 1.49. The second-order valence-electron chi connectivity index (χ2n) is 7.12. The number of hydrogen-bond acceptors (Lipinski definition) is 5. The lowest BCUT2D eigenvalue weighted by Crippen LogP contribution is -2.39. The predicted octanol–water partition coefficient (Wildman–Crippen LogP) is 3.97. The Morgan fingerprint density at radius 1 is 1.21 bits per heavy atom. The van der Waals surface area contributed by atoms with Gasteiger partial charge in [0.15, 0.2) is 0 Å². The molecule has 0 saturated carbocycles. The summed E-state index contributed by atoms with van der Waals surface area (Å²) in [6, 6.07) is 11.7. The van der Waals surface area contributed by atoms with E-state index in [9.17, 15) is 13.2 Å². The highest BCUT2D eigenvalue weighted by Crippen LogP contribution is 2.25. The van der Waals surface area contributed by atoms with Gasteiger partial charge in [0, 0.05) is 24.3 Å². The Morgan fingerprint density at radius 2 is 2.00 bits per heavy atom. The van der Waals surface area contributed by atoms with Crippen molar-refractivity contribution in [1.82, 2.24) is 9.29 Å². The standard InChI is InChI=1S/C20H21N3O3S2/c1-14-3-2-10-23(12-14)28(25,26)17-7-5-16(6-8-17)22-20(24)15-4-9-18-19(11-15)27-13-21-18/h4-9,11,13-14H,2-3,10,12H2,1H3,(H,22,24)/t14-/m1/s1. The first-order valence-electron chi connectivity index (χ1n) is 9.18. The van der Waals surface area contributed by atoms with Crippen LogP contribution in [0.4, 0.5) is 5.69 Å². The normalized spacial score (nSPS) is 18.2. The molecule has 1 atom stereocenters. The molecule has 1 aliphatic rings. The summed E-state index contributed by atoms with van der Waals surface area (Å²) in [5, 5.41) is 2.82. The number of anilines is 1.